The Hall–Kier alpha value is -0.120. The van der Waals surface area contributed by atoms with E-state index in [0.717, 1.165) is 32.2 Å². The molecule has 1 aliphatic heterocycles. The van der Waals surface area contributed by atoms with E-state index in [2.05, 4.69) is 37.9 Å². The van der Waals surface area contributed by atoms with Crippen LogP contribution in [-0.2, 0) is 4.74 Å². The number of hydrogen-bond acceptors (Lipinski definition) is 3. The first-order valence-electron chi connectivity index (χ1n) is 7.23. The molecule has 1 aliphatic rings. The standard InChI is InChI=1S/C14H30N2O/c1-5-7-15-8-12(3)9-16-10-13(4)17-11-14(16)6-2/h12-15H,5-11H2,1-4H3. The fraction of sp³-hybridized carbons (Fsp3) is 1.00. The highest BCUT2D eigenvalue weighted by molar-refractivity contribution is 4.79. The summed E-state index contributed by atoms with van der Waals surface area (Å²) in [6.45, 7) is 14.5. The summed E-state index contributed by atoms with van der Waals surface area (Å²) >= 11 is 0. The zero-order valence-electron chi connectivity index (χ0n) is 12.0. The maximum Gasteiger partial charge on any atom is 0.0674 e. The monoisotopic (exact) mass is 242 g/mol. The van der Waals surface area contributed by atoms with Crippen molar-refractivity contribution in [1.82, 2.24) is 10.2 Å². The largest absolute Gasteiger partial charge is 0.376 e. The third kappa shape index (κ3) is 5.36. The lowest BCUT2D eigenvalue weighted by molar-refractivity contribution is -0.0598. The molecular weight excluding hydrogens is 212 g/mol. The normalized spacial score (nSPS) is 28.2. The lowest BCUT2D eigenvalue weighted by Crippen LogP contribution is -2.50. The fourth-order valence-corrected chi connectivity index (χ4v) is 2.50. The Labute approximate surface area is 107 Å². The molecule has 0 radical (unpaired) electrons. The minimum absolute atomic E-state index is 0.397. The first kappa shape index (κ1) is 14.9. The number of rotatable bonds is 7. The van der Waals surface area contributed by atoms with Crippen LogP contribution in [0.25, 0.3) is 0 Å². The van der Waals surface area contributed by atoms with E-state index in [1.54, 1.807) is 0 Å². The molecule has 3 nitrogen and oxygen atoms in total. The van der Waals surface area contributed by atoms with Gasteiger partial charge in [0.1, 0.15) is 0 Å². The van der Waals surface area contributed by atoms with Crippen LogP contribution >= 0.6 is 0 Å². The molecule has 1 fully saturated rings. The summed E-state index contributed by atoms with van der Waals surface area (Å²) in [5.41, 5.74) is 0. The van der Waals surface area contributed by atoms with Crippen LogP contribution in [0.4, 0.5) is 0 Å². The predicted octanol–water partition coefficient (Wildman–Crippen LogP) is 2.12. The van der Waals surface area contributed by atoms with Crippen LogP contribution in [0.1, 0.15) is 40.5 Å². The summed E-state index contributed by atoms with van der Waals surface area (Å²) in [6.07, 6.45) is 2.81. The van der Waals surface area contributed by atoms with Crippen molar-refractivity contribution in [3.8, 4) is 0 Å². The summed E-state index contributed by atoms with van der Waals surface area (Å²) in [5.74, 6) is 0.723. The third-order valence-corrected chi connectivity index (χ3v) is 3.52. The van der Waals surface area contributed by atoms with Crippen molar-refractivity contribution >= 4 is 0 Å². The van der Waals surface area contributed by atoms with E-state index in [1.807, 2.05) is 0 Å². The molecule has 0 aromatic carbocycles. The molecule has 3 atom stereocenters. The van der Waals surface area contributed by atoms with Gasteiger partial charge in [-0.2, -0.15) is 0 Å². The molecule has 0 spiro atoms. The number of hydrogen-bond donors (Lipinski definition) is 1. The summed E-state index contributed by atoms with van der Waals surface area (Å²) in [5, 5.41) is 3.51. The van der Waals surface area contributed by atoms with Gasteiger partial charge in [0.2, 0.25) is 0 Å². The number of nitrogens with one attached hydrogen (secondary N) is 1. The molecule has 3 unspecified atom stereocenters. The number of nitrogens with zero attached hydrogens (tertiary/aromatic N) is 1. The Morgan fingerprint density at radius 2 is 2.18 bits per heavy atom. The van der Waals surface area contributed by atoms with Gasteiger partial charge in [0.05, 0.1) is 12.7 Å². The van der Waals surface area contributed by atoms with Gasteiger partial charge in [-0.15, -0.1) is 0 Å². The van der Waals surface area contributed by atoms with Crippen molar-refractivity contribution in [1.29, 1.82) is 0 Å². The van der Waals surface area contributed by atoms with Gasteiger partial charge in [-0.3, -0.25) is 4.90 Å². The SMILES string of the molecule is CCCNCC(C)CN1CC(C)OCC1CC. The molecule has 0 bridgehead atoms. The Bertz CT molecular complexity index is 199. The van der Waals surface area contributed by atoms with Crippen LogP contribution in [0.2, 0.25) is 0 Å². The average Bonchev–Trinajstić information content (AvgIpc) is 2.29. The van der Waals surface area contributed by atoms with Crippen molar-refractivity contribution in [3.63, 3.8) is 0 Å². The van der Waals surface area contributed by atoms with Gasteiger partial charge in [0, 0.05) is 19.1 Å². The van der Waals surface area contributed by atoms with Crippen molar-refractivity contribution in [2.24, 2.45) is 5.92 Å². The summed E-state index contributed by atoms with van der Waals surface area (Å²) in [4.78, 5) is 2.62. The Kier molecular flexibility index (Phi) is 7.09. The molecule has 0 amide bonds. The van der Waals surface area contributed by atoms with Crippen LogP contribution in [0, 0.1) is 5.92 Å². The van der Waals surface area contributed by atoms with E-state index in [1.165, 1.54) is 19.4 Å². The fourth-order valence-electron chi connectivity index (χ4n) is 2.50. The Morgan fingerprint density at radius 3 is 2.82 bits per heavy atom. The van der Waals surface area contributed by atoms with Gasteiger partial charge >= 0.3 is 0 Å². The van der Waals surface area contributed by atoms with Crippen LogP contribution in [0.3, 0.4) is 0 Å². The maximum absolute atomic E-state index is 5.73. The zero-order chi connectivity index (χ0) is 12.7. The van der Waals surface area contributed by atoms with Gasteiger partial charge in [-0.25, -0.2) is 0 Å². The smallest absolute Gasteiger partial charge is 0.0674 e. The number of ether oxygens (including phenoxy) is 1. The summed E-state index contributed by atoms with van der Waals surface area (Å²) in [6, 6.07) is 0.625. The molecule has 0 aromatic heterocycles. The summed E-state index contributed by atoms with van der Waals surface area (Å²) < 4.78 is 5.73. The molecule has 1 saturated heterocycles. The Balaban J connectivity index is 2.30. The second kappa shape index (κ2) is 8.06. The van der Waals surface area contributed by atoms with Crippen LogP contribution in [0.15, 0.2) is 0 Å². The second-order valence-electron chi connectivity index (χ2n) is 5.47. The third-order valence-electron chi connectivity index (χ3n) is 3.52. The lowest BCUT2D eigenvalue weighted by Gasteiger charge is -2.39. The second-order valence-corrected chi connectivity index (χ2v) is 5.47. The van der Waals surface area contributed by atoms with E-state index in [0.29, 0.717) is 12.1 Å². The quantitative estimate of drug-likeness (QED) is 0.692. The summed E-state index contributed by atoms with van der Waals surface area (Å²) in [7, 11) is 0. The molecule has 1 heterocycles. The zero-order valence-corrected chi connectivity index (χ0v) is 12.0. The topological polar surface area (TPSA) is 24.5 Å². The molecule has 0 aliphatic carbocycles. The predicted molar refractivity (Wildman–Crippen MR) is 73.4 cm³/mol. The van der Waals surface area contributed by atoms with E-state index in [4.69, 9.17) is 4.74 Å². The molecule has 0 aromatic rings. The maximum atomic E-state index is 5.73. The van der Waals surface area contributed by atoms with E-state index in [9.17, 15) is 0 Å². The van der Waals surface area contributed by atoms with E-state index < -0.39 is 0 Å². The van der Waals surface area contributed by atoms with Crippen LogP contribution in [0.5, 0.6) is 0 Å². The van der Waals surface area contributed by atoms with Gasteiger partial charge in [0.15, 0.2) is 0 Å². The first-order valence-corrected chi connectivity index (χ1v) is 7.23. The van der Waals surface area contributed by atoms with E-state index in [-0.39, 0.29) is 0 Å². The average molecular weight is 242 g/mol. The van der Waals surface area contributed by atoms with Gasteiger partial charge in [0.25, 0.3) is 0 Å². The highest BCUT2D eigenvalue weighted by Gasteiger charge is 2.26. The van der Waals surface area contributed by atoms with Gasteiger partial charge in [-0.05, 0) is 38.8 Å². The molecule has 17 heavy (non-hydrogen) atoms. The molecule has 1 rings (SSSR count). The van der Waals surface area contributed by atoms with Crippen molar-refractivity contribution in [2.45, 2.75) is 52.7 Å². The highest BCUT2D eigenvalue weighted by atomic mass is 16.5. The van der Waals surface area contributed by atoms with Crippen molar-refractivity contribution in [3.05, 3.63) is 0 Å². The highest BCUT2D eigenvalue weighted by Crippen LogP contribution is 2.15. The lowest BCUT2D eigenvalue weighted by atomic mass is 10.1. The number of morpholine rings is 1. The minimum atomic E-state index is 0.397. The van der Waals surface area contributed by atoms with Gasteiger partial charge < -0.3 is 10.1 Å². The van der Waals surface area contributed by atoms with Crippen molar-refractivity contribution in [2.75, 3.05) is 32.8 Å². The van der Waals surface area contributed by atoms with E-state index >= 15 is 0 Å². The minimum Gasteiger partial charge on any atom is -0.376 e. The molecular formula is C14H30N2O. The molecule has 3 heteroatoms. The molecule has 1 N–H and O–H groups in total. The Morgan fingerprint density at radius 1 is 1.41 bits per heavy atom. The first-order chi connectivity index (χ1) is 8.17. The molecule has 102 valence electrons. The molecule has 0 saturated carbocycles. The van der Waals surface area contributed by atoms with Crippen LogP contribution in [-0.4, -0.2) is 49.8 Å². The van der Waals surface area contributed by atoms with Crippen molar-refractivity contribution < 1.29 is 4.74 Å². The van der Waals surface area contributed by atoms with Gasteiger partial charge in [-0.1, -0.05) is 20.8 Å². The van der Waals surface area contributed by atoms with Crippen LogP contribution < -0.4 is 5.32 Å².